The van der Waals surface area contributed by atoms with Gasteiger partial charge in [-0.05, 0) is 60.9 Å². The smallest absolute Gasteiger partial charge is 0.308 e. The molecule has 0 bridgehead atoms. The Balaban J connectivity index is 1.53. The van der Waals surface area contributed by atoms with Crippen LogP contribution in [0.2, 0.25) is 5.02 Å². The molecule has 6 nitrogen and oxygen atoms in total. The van der Waals surface area contributed by atoms with Crippen molar-refractivity contribution in [3.05, 3.63) is 83.1 Å². The summed E-state index contributed by atoms with van der Waals surface area (Å²) < 4.78 is 0. The van der Waals surface area contributed by atoms with E-state index in [2.05, 4.69) is 15.6 Å². The number of halogens is 1. The van der Waals surface area contributed by atoms with Crippen molar-refractivity contribution in [2.45, 2.75) is 12.8 Å². The number of benzene rings is 2. The third-order valence-corrected chi connectivity index (χ3v) is 4.93. The van der Waals surface area contributed by atoms with Gasteiger partial charge in [0.15, 0.2) is 0 Å². The molecule has 0 unspecified atom stereocenters. The van der Waals surface area contributed by atoms with Crippen molar-refractivity contribution in [3.63, 3.8) is 0 Å². The SMILES string of the molecule is O=C(Nc1cccc(Cl)c1)Nc1ccc2c(c1)N(C(=O)c1cccnc1)CCC2. The molecule has 2 heterocycles. The molecule has 7 heteroatoms. The van der Waals surface area contributed by atoms with Gasteiger partial charge >= 0.3 is 6.03 Å². The Morgan fingerprint density at radius 2 is 1.83 bits per heavy atom. The molecule has 146 valence electrons. The first-order chi connectivity index (χ1) is 14.1. The first-order valence-electron chi connectivity index (χ1n) is 9.28. The van der Waals surface area contributed by atoms with Gasteiger partial charge in [-0.1, -0.05) is 23.7 Å². The fourth-order valence-corrected chi connectivity index (χ4v) is 3.56. The number of carbonyl (C=O) groups is 2. The number of hydrogen-bond acceptors (Lipinski definition) is 3. The summed E-state index contributed by atoms with van der Waals surface area (Å²) in [5.74, 6) is -0.0976. The molecule has 0 saturated heterocycles. The molecule has 0 fully saturated rings. The predicted octanol–water partition coefficient (Wildman–Crippen LogP) is 4.97. The highest BCUT2D eigenvalue weighted by Gasteiger charge is 2.24. The molecular weight excluding hydrogens is 388 g/mol. The zero-order valence-corrected chi connectivity index (χ0v) is 16.3. The van der Waals surface area contributed by atoms with E-state index >= 15 is 0 Å². The summed E-state index contributed by atoms with van der Waals surface area (Å²) >= 11 is 5.95. The van der Waals surface area contributed by atoms with Crippen LogP contribution in [0.3, 0.4) is 0 Å². The van der Waals surface area contributed by atoms with Crippen molar-refractivity contribution < 1.29 is 9.59 Å². The normalized spacial score (nSPS) is 12.8. The minimum atomic E-state index is -0.381. The van der Waals surface area contributed by atoms with E-state index in [4.69, 9.17) is 11.6 Å². The fraction of sp³-hybridized carbons (Fsp3) is 0.136. The van der Waals surface area contributed by atoms with Crippen LogP contribution in [0, 0.1) is 0 Å². The molecule has 2 aromatic carbocycles. The average molecular weight is 407 g/mol. The molecule has 0 spiro atoms. The van der Waals surface area contributed by atoms with E-state index in [1.807, 2.05) is 18.2 Å². The van der Waals surface area contributed by atoms with Crippen molar-refractivity contribution >= 4 is 40.6 Å². The van der Waals surface area contributed by atoms with Crippen molar-refractivity contribution in [2.24, 2.45) is 0 Å². The van der Waals surface area contributed by atoms with Crippen LogP contribution in [0.5, 0.6) is 0 Å². The van der Waals surface area contributed by atoms with E-state index in [0.29, 0.717) is 28.5 Å². The van der Waals surface area contributed by atoms with Crippen LogP contribution < -0.4 is 15.5 Å². The van der Waals surface area contributed by atoms with Gasteiger partial charge in [-0.2, -0.15) is 0 Å². The van der Waals surface area contributed by atoms with Gasteiger partial charge in [-0.15, -0.1) is 0 Å². The van der Waals surface area contributed by atoms with Crippen LogP contribution in [0.25, 0.3) is 0 Å². The van der Waals surface area contributed by atoms with E-state index in [0.717, 1.165) is 24.1 Å². The van der Waals surface area contributed by atoms with Crippen molar-refractivity contribution in [2.75, 3.05) is 22.1 Å². The Morgan fingerprint density at radius 1 is 1.00 bits per heavy atom. The molecule has 3 amide bonds. The molecular formula is C22H19ClN4O2. The lowest BCUT2D eigenvalue weighted by Crippen LogP contribution is -2.35. The lowest BCUT2D eigenvalue weighted by molar-refractivity contribution is 0.0985. The quantitative estimate of drug-likeness (QED) is 0.644. The standard InChI is InChI=1S/C22H19ClN4O2/c23-17-6-1-7-18(12-17)25-22(29)26-19-9-8-15-5-3-11-27(20(15)13-19)21(28)16-4-2-10-24-14-16/h1-2,4,6-10,12-14H,3,5,11H2,(H2,25,26,29). The van der Waals surface area contributed by atoms with Crippen LogP contribution in [0.1, 0.15) is 22.3 Å². The number of nitrogens with zero attached hydrogens (tertiary/aromatic N) is 2. The predicted molar refractivity (Wildman–Crippen MR) is 115 cm³/mol. The van der Waals surface area contributed by atoms with E-state index in [1.165, 1.54) is 0 Å². The summed E-state index contributed by atoms with van der Waals surface area (Å²) in [5, 5.41) is 6.11. The van der Waals surface area contributed by atoms with Gasteiger partial charge in [-0.3, -0.25) is 9.78 Å². The Bertz CT molecular complexity index is 1060. The van der Waals surface area contributed by atoms with Gasteiger partial charge in [0.2, 0.25) is 0 Å². The second kappa shape index (κ2) is 8.32. The fourth-order valence-electron chi connectivity index (χ4n) is 3.37. The second-order valence-corrected chi connectivity index (χ2v) is 7.17. The number of aryl methyl sites for hydroxylation is 1. The lowest BCUT2D eigenvalue weighted by Gasteiger charge is -2.30. The van der Waals surface area contributed by atoms with Gasteiger partial charge in [0.05, 0.1) is 5.56 Å². The van der Waals surface area contributed by atoms with Crippen LogP contribution >= 0.6 is 11.6 Å². The average Bonchev–Trinajstić information content (AvgIpc) is 2.73. The summed E-state index contributed by atoms with van der Waals surface area (Å²) in [6.07, 6.45) is 4.99. The summed E-state index contributed by atoms with van der Waals surface area (Å²) in [7, 11) is 0. The number of urea groups is 1. The highest BCUT2D eigenvalue weighted by Crippen LogP contribution is 2.31. The summed E-state index contributed by atoms with van der Waals surface area (Å²) in [5.41, 5.74) is 3.63. The summed E-state index contributed by atoms with van der Waals surface area (Å²) in [4.78, 5) is 31.1. The molecule has 1 aliphatic heterocycles. The zero-order chi connectivity index (χ0) is 20.2. The Morgan fingerprint density at radius 3 is 2.59 bits per heavy atom. The van der Waals surface area contributed by atoms with Gasteiger partial charge in [0.25, 0.3) is 5.91 Å². The minimum absolute atomic E-state index is 0.0976. The molecule has 0 saturated carbocycles. The molecule has 1 aliphatic rings. The summed E-state index contributed by atoms with van der Waals surface area (Å²) in [6, 6.07) is 15.7. The van der Waals surface area contributed by atoms with Gasteiger partial charge < -0.3 is 15.5 Å². The van der Waals surface area contributed by atoms with Crippen molar-refractivity contribution in [3.8, 4) is 0 Å². The number of hydrogen-bond donors (Lipinski definition) is 2. The molecule has 0 atom stereocenters. The maximum atomic E-state index is 12.9. The summed E-state index contributed by atoms with van der Waals surface area (Å²) in [6.45, 7) is 0.624. The third kappa shape index (κ3) is 4.38. The highest BCUT2D eigenvalue weighted by atomic mass is 35.5. The van der Waals surface area contributed by atoms with Gasteiger partial charge in [0.1, 0.15) is 0 Å². The lowest BCUT2D eigenvalue weighted by atomic mass is 10.0. The number of nitrogens with one attached hydrogen (secondary N) is 2. The molecule has 0 aliphatic carbocycles. The molecule has 1 aromatic heterocycles. The first-order valence-corrected chi connectivity index (χ1v) is 9.66. The Labute approximate surface area is 173 Å². The topological polar surface area (TPSA) is 74.3 Å². The molecule has 4 rings (SSSR count). The largest absolute Gasteiger partial charge is 0.323 e. The Kier molecular flexibility index (Phi) is 5.44. The molecule has 0 radical (unpaired) electrons. The number of amides is 3. The van der Waals surface area contributed by atoms with Crippen molar-refractivity contribution in [1.82, 2.24) is 4.98 Å². The van der Waals surface area contributed by atoms with Crippen LogP contribution in [0.15, 0.2) is 67.0 Å². The van der Waals surface area contributed by atoms with E-state index in [1.54, 1.807) is 53.7 Å². The Hall–Kier alpha value is -3.38. The van der Waals surface area contributed by atoms with Crippen LogP contribution in [0.4, 0.5) is 21.9 Å². The van der Waals surface area contributed by atoms with E-state index in [9.17, 15) is 9.59 Å². The number of pyridine rings is 1. The maximum Gasteiger partial charge on any atom is 0.323 e. The van der Waals surface area contributed by atoms with E-state index < -0.39 is 0 Å². The number of aromatic nitrogens is 1. The first kappa shape index (κ1) is 19.0. The van der Waals surface area contributed by atoms with Gasteiger partial charge in [0, 0.05) is 41.0 Å². The maximum absolute atomic E-state index is 12.9. The second-order valence-electron chi connectivity index (χ2n) is 6.74. The third-order valence-electron chi connectivity index (χ3n) is 4.70. The number of anilines is 3. The van der Waals surface area contributed by atoms with Gasteiger partial charge in [-0.25, -0.2) is 4.79 Å². The highest BCUT2D eigenvalue weighted by molar-refractivity contribution is 6.30. The van der Waals surface area contributed by atoms with Crippen LogP contribution in [-0.2, 0) is 6.42 Å². The monoisotopic (exact) mass is 406 g/mol. The number of rotatable bonds is 3. The molecule has 3 aromatic rings. The zero-order valence-electron chi connectivity index (χ0n) is 15.6. The molecule has 29 heavy (non-hydrogen) atoms. The number of carbonyl (C=O) groups excluding carboxylic acids is 2. The molecule has 2 N–H and O–H groups in total. The minimum Gasteiger partial charge on any atom is -0.308 e. The number of fused-ring (bicyclic) bond motifs is 1. The van der Waals surface area contributed by atoms with Crippen molar-refractivity contribution in [1.29, 1.82) is 0 Å². The van der Waals surface area contributed by atoms with Crippen LogP contribution in [-0.4, -0.2) is 23.5 Å². The van der Waals surface area contributed by atoms with E-state index in [-0.39, 0.29) is 11.9 Å².